The van der Waals surface area contributed by atoms with Crippen LogP contribution in [0.4, 0.5) is 0 Å². The number of unbranched alkanes of at least 4 members (excludes halogenated alkanes) is 1. The van der Waals surface area contributed by atoms with Crippen LogP contribution in [-0.2, 0) is 4.79 Å². The van der Waals surface area contributed by atoms with Crippen LogP contribution in [0.15, 0.2) is 0 Å². The Labute approximate surface area is 122 Å². The molecule has 0 aliphatic heterocycles. The van der Waals surface area contributed by atoms with E-state index in [0.717, 1.165) is 38.6 Å². The second-order valence-corrected chi connectivity index (χ2v) is 6.22. The van der Waals surface area contributed by atoms with Gasteiger partial charge in [-0.2, -0.15) is 0 Å². The quantitative estimate of drug-likeness (QED) is 0.673. The van der Waals surface area contributed by atoms with E-state index < -0.39 is 5.41 Å². The molecule has 3 nitrogen and oxygen atoms in total. The summed E-state index contributed by atoms with van der Waals surface area (Å²) in [5.74, 6) is 0.640. The summed E-state index contributed by atoms with van der Waals surface area (Å²) in [4.78, 5) is 12.8. The summed E-state index contributed by atoms with van der Waals surface area (Å²) < 4.78 is 0. The fraction of sp³-hybridized carbons (Fsp3) is 0.867. The molecule has 1 aliphatic rings. The van der Waals surface area contributed by atoms with E-state index in [0.29, 0.717) is 10.9 Å². The Morgan fingerprint density at radius 2 is 2.00 bits per heavy atom. The smallest absolute Gasteiger partial charge is 0.233 e. The highest BCUT2D eigenvalue weighted by Gasteiger charge is 2.43. The van der Waals surface area contributed by atoms with Crippen molar-refractivity contribution in [3.05, 3.63) is 0 Å². The number of nitrogens with one attached hydrogen (secondary N) is 1. The van der Waals surface area contributed by atoms with E-state index in [1.54, 1.807) is 0 Å². The van der Waals surface area contributed by atoms with Crippen LogP contribution in [0.2, 0.25) is 0 Å². The number of amides is 1. The predicted octanol–water partition coefficient (Wildman–Crippen LogP) is 3.17. The maximum absolute atomic E-state index is 12.4. The minimum absolute atomic E-state index is 0.0625. The van der Waals surface area contributed by atoms with Crippen LogP contribution in [0.5, 0.6) is 0 Å². The molecule has 1 atom stereocenters. The monoisotopic (exact) mass is 284 g/mol. The van der Waals surface area contributed by atoms with Crippen LogP contribution in [0.1, 0.15) is 65.2 Å². The van der Waals surface area contributed by atoms with Gasteiger partial charge < -0.3 is 11.1 Å². The fourth-order valence-corrected chi connectivity index (χ4v) is 3.21. The van der Waals surface area contributed by atoms with Crippen LogP contribution >= 0.6 is 12.2 Å². The van der Waals surface area contributed by atoms with Crippen molar-refractivity contribution in [2.24, 2.45) is 17.1 Å². The van der Waals surface area contributed by atoms with E-state index in [4.69, 9.17) is 18.0 Å². The summed E-state index contributed by atoms with van der Waals surface area (Å²) in [6.45, 7) is 5.15. The zero-order chi connectivity index (χ0) is 14.3. The molecule has 0 heterocycles. The summed E-state index contributed by atoms with van der Waals surface area (Å²) in [5, 5.41) is 3.10. The van der Waals surface area contributed by atoms with Gasteiger partial charge in [-0.1, -0.05) is 58.2 Å². The summed E-state index contributed by atoms with van der Waals surface area (Å²) in [5.41, 5.74) is 5.27. The van der Waals surface area contributed by atoms with Gasteiger partial charge in [-0.3, -0.25) is 4.79 Å². The van der Waals surface area contributed by atoms with Gasteiger partial charge in [0.15, 0.2) is 0 Å². The van der Waals surface area contributed by atoms with E-state index in [-0.39, 0.29) is 5.91 Å². The number of hydrogen-bond donors (Lipinski definition) is 2. The third-order valence-electron chi connectivity index (χ3n) is 4.46. The third-order valence-corrected chi connectivity index (χ3v) is 4.85. The SMILES string of the molecule is CCCCC(CC)CNC(=O)C1(C(N)=S)CCCC1. The van der Waals surface area contributed by atoms with Crippen LogP contribution in [0, 0.1) is 11.3 Å². The number of carbonyl (C=O) groups excluding carboxylic acids is 1. The predicted molar refractivity (Wildman–Crippen MR) is 84.0 cm³/mol. The second kappa shape index (κ2) is 7.83. The average Bonchev–Trinajstić information content (AvgIpc) is 2.89. The lowest BCUT2D eigenvalue weighted by molar-refractivity contribution is -0.127. The molecule has 0 aromatic carbocycles. The Balaban J connectivity index is 2.51. The first-order valence-electron chi connectivity index (χ1n) is 7.65. The van der Waals surface area contributed by atoms with Crippen molar-refractivity contribution in [3.63, 3.8) is 0 Å². The van der Waals surface area contributed by atoms with Crippen molar-refractivity contribution in [3.8, 4) is 0 Å². The molecule has 1 fully saturated rings. The second-order valence-electron chi connectivity index (χ2n) is 5.78. The lowest BCUT2D eigenvalue weighted by Gasteiger charge is -2.27. The van der Waals surface area contributed by atoms with Crippen LogP contribution in [0.25, 0.3) is 0 Å². The molecule has 1 unspecified atom stereocenters. The standard InChI is InChI=1S/C15H28N2OS/c1-3-5-8-12(4-2)11-17-14(18)15(13(16)19)9-6-7-10-15/h12H,3-11H2,1-2H3,(H2,16,19)(H,17,18). The van der Waals surface area contributed by atoms with E-state index in [1.165, 1.54) is 19.3 Å². The summed E-state index contributed by atoms with van der Waals surface area (Å²) in [7, 11) is 0. The van der Waals surface area contributed by atoms with Crippen molar-refractivity contribution < 1.29 is 4.79 Å². The normalized spacial score (nSPS) is 19.1. The number of rotatable bonds is 8. The molecule has 0 bridgehead atoms. The highest BCUT2D eigenvalue weighted by molar-refractivity contribution is 7.80. The zero-order valence-corrected chi connectivity index (χ0v) is 13.2. The molecule has 110 valence electrons. The molecule has 19 heavy (non-hydrogen) atoms. The van der Waals surface area contributed by atoms with E-state index in [2.05, 4.69) is 19.2 Å². The van der Waals surface area contributed by atoms with Gasteiger partial charge in [0.2, 0.25) is 5.91 Å². The molecule has 0 aromatic heterocycles. The Bertz CT molecular complexity index is 311. The van der Waals surface area contributed by atoms with Crippen molar-refractivity contribution in [1.29, 1.82) is 0 Å². The maximum atomic E-state index is 12.4. The number of thiocarbonyl (C=S) groups is 1. The lowest BCUT2D eigenvalue weighted by atomic mass is 9.84. The first-order chi connectivity index (χ1) is 9.06. The Kier molecular flexibility index (Phi) is 6.76. The largest absolute Gasteiger partial charge is 0.392 e. The van der Waals surface area contributed by atoms with Gasteiger partial charge in [-0.25, -0.2) is 0 Å². The van der Waals surface area contributed by atoms with Gasteiger partial charge in [-0.05, 0) is 25.2 Å². The summed E-state index contributed by atoms with van der Waals surface area (Å²) in [6, 6.07) is 0. The molecule has 0 radical (unpaired) electrons. The Morgan fingerprint density at radius 3 is 2.47 bits per heavy atom. The molecule has 1 rings (SSSR count). The summed E-state index contributed by atoms with van der Waals surface area (Å²) in [6.07, 6.45) is 8.49. The molecule has 1 saturated carbocycles. The maximum Gasteiger partial charge on any atom is 0.233 e. The Hall–Kier alpha value is -0.640. The average molecular weight is 284 g/mol. The van der Waals surface area contributed by atoms with Crippen molar-refractivity contribution in [2.75, 3.05) is 6.54 Å². The lowest BCUT2D eigenvalue weighted by Crippen LogP contribution is -2.48. The molecule has 0 saturated heterocycles. The van der Waals surface area contributed by atoms with E-state index in [1.807, 2.05) is 0 Å². The van der Waals surface area contributed by atoms with Gasteiger partial charge >= 0.3 is 0 Å². The van der Waals surface area contributed by atoms with Gasteiger partial charge in [-0.15, -0.1) is 0 Å². The molecule has 0 spiro atoms. The minimum atomic E-state index is -0.557. The molecular formula is C15H28N2OS. The van der Waals surface area contributed by atoms with Crippen molar-refractivity contribution >= 4 is 23.1 Å². The summed E-state index contributed by atoms with van der Waals surface area (Å²) >= 11 is 5.14. The first kappa shape index (κ1) is 16.4. The van der Waals surface area contributed by atoms with Crippen molar-refractivity contribution in [2.45, 2.75) is 65.2 Å². The van der Waals surface area contributed by atoms with Gasteiger partial charge in [0.05, 0.1) is 10.4 Å². The van der Waals surface area contributed by atoms with E-state index >= 15 is 0 Å². The molecule has 1 aliphatic carbocycles. The third kappa shape index (κ3) is 4.16. The van der Waals surface area contributed by atoms with Crippen LogP contribution in [-0.4, -0.2) is 17.4 Å². The molecular weight excluding hydrogens is 256 g/mol. The van der Waals surface area contributed by atoms with E-state index in [9.17, 15) is 4.79 Å². The Morgan fingerprint density at radius 1 is 1.37 bits per heavy atom. The van der Waals surface area contributed by atoms with Crippen molar-refractivity contribution in [1.82, 2.24) is 5.32 Å². The number of hydrogen-bond acceptors (Lipinski definition) is 2. The molecule has 3 N–H and O–H groups in total. The molecule has 1 amide bonds. The minimum Gasteiger partial charge on any atom is -0.392 e. The number of carbonyl (C=O) groups is 1. The highest BCUT2D eigenvalue weighted by atomic mass is 32.1. The van der Waals surface area contributed by atoms with Gasteiger partial charge in [0.25, 0.3) is 0 Å². The topological polar surface area (TPSA) is 55.1 Å². The fourth-order valence-electron chi connectivity index (χ4n) is 2.91. The molecule has 0 aromatic rings. The van der Waals surface area contributed by atoms with Crippen LogP contribution < -0.4 is 11.1 Å². The zero-order valence-electron chi connectivity index (χ0n) is 12.3. The number of nitrogens with two attached hydrogens (primary N) is 1. The van der Waals surface area contributed by atoms with Gasteiger partial charge in [0.1, 0.15) is 0 Å². The highest BCUT2D eigenvalue weighted by Crippen LogP contribution is 2.38. The van der Waals surface area contributed by atoms with Crippen LogP contribution in [0.3, 0.4) is 0 Å². The molecule has 4 heteroatoms. The van der Waals surface area contributed by atoms with Gasteiger partial charge in [0, 0.05) is 6.54 Å². The first-order valence-corrected chi connectivity index (χ1v) is 8.05.